The van der Waals surface area contributed by atoms with E-state index < -0.39 is 0 Å². The molecule has 3 nitrogen and oxygen atoms in total. The Morgan fingerprint density at radius 1 is 0.783 bits per heavy atom. The third kappa shape index (κ3) is 3.83. The van der Waals surface area contributed by atoms with Crippen molar-refractivity contribution in [2.45, 2.75) is 12.1 Å². The molecular formula is C20H20N2O. The second-order valence-electron chi connectivity index (χ2n) is 5.41. The van der Waals surface area contributed by atoms with E-state index in [1.807, 2.05) is 66.7 Å². The minimum Gasteiger partial charge on any atom is -0.394 e. The van der Waals surface area contributed by atoms with Crippen molar-refractivity contribution in [3.63, 3.8) is 0 Å². The zero-order valence-electron chi connectivity index (χ0n) is 12.8. The molecule has 1 heterocycles. The van der Waals surface area contributed by atoms with Crippen LogP contribution in [-0.2, 0) is 0 Å². The van der Waals surface area contributed by atoms with Crippen LogP contribution < -0.4 is 5.32 Å². The third-order valence-corrected chi connectivity index (χ3v) is 3.87. The molecule has 0 aliphatic carbocycles. The van der Waals surface area contributed by atoms with Crippen LogP contribution in [0.25, 0.3) is 0 Å². The van der Waals surface area contributed by atoms with Crippen molar-refractivity contribution >= 4 is 0 Å². The molecular weight excluding hydrogens is 284 g/mol. The Kier molecular flexibility index (Phi) is 5.14. The molecule has 0 aliphatic rings. The summed E-state index contributed by atoms with van der Waals surface area (Å²) < 4.78 is 0. The van der Waals surface area contributed by atoms with Crippen molar-refractivity contribution in [1.29, 1.82) is 0 Å². The highest BCUT2D eigenvalue weighted by Crippen LogP contribution is 2.24. The fourth-order valence-electron chi connectivity index (χ4n) is 2.69. The number of benzene rings is 2. The highest BCUT2D eigenvalue weighted by atomic mass is 16.3. The van der Waals surface area contributed by atoms with Gasteiger partial charge in [-0.1, -0.05) is 66.7 Å². The van der Waals surface area contributed by atoms with Crippen molar-refractivity contribution < 1.29 is 5.11 Å². The first-order chi connectivity index (χ1) is 11.4. The van der Waals surface area contributed by atoms with Crippen LogP contribution in [0.5, 0.6) is 0 Å². The first kappa shape index (κ1) is 15.4. The van der Waals surface area contributed by atoms with Gasteiger partial charge in [-0.25, -0.2) is 0 Å². The summed E-state index contributed by atoms with van der Waals surface area (Å²) in [5.74, 6) is 0. The van der Waals surface area contributed by atoms with Gasteiger partial charge >= 0.3 is 0 Å². The van der Waals surface area contributed by atoms with Crippen molar-refractivity contribution in [2.75, 3.05) is 6.61 Å². The Morgan fingerprint density at radius 2 is 1.39 bits per heavy atom. The number of nitrogens with one attached hydrogen (secondary N) is 1. The van der Waals surface area contributed by atoms with E-state index in [4.69, 9.17) is 0 Å². The van der Waals surface area contributed by atoms with Crippen molar-refractivity contribution in [2.24, 2.45) is 0 Å². The van der Waals surface area contributed by atoms with Crippen molar-refractivity contribution in [1.82, 2.24) is 10.3 Å². The van der Waals surface area contributed by atoms with Crippen LogP contribution in [0.2, 0.25) is 0 Å². The van der Waals surface area contributed by atoms with Crippen LogP contribution in [0, 0.1) is 0 Å². The maximum Gasteiger partial charge on any atom is 0.0756 e. The summed E-state index contributed by atoms with van der Waals surface area (Å²) in [5, 5.41) is 13.4. The van der Waals surface area contributed by atoms with Gasteiger partial charge in [0.25, 0.3) is 0 Å². The molecule has 0 saturated carbocycles. The van der Waals surface area contributed by atoms with E-state index in [0.717, 1.165) is 16.8 Å². The standard InChI is InChI=1S/C20H20N2O/c23-15-19(16-9-3-1-4-10-16)22-20(17-11-5-2-6-12-17)18-13-7-8-14-21-18/h1-14,19-20,22-23H,15H2/t19-,20-/m1/s1. The molecule has 0 saturated heterocycles. The smallest absolute Gasteiger partial charge is 0.0756 e. The first-order valence-corrected chi connectivity index (χ1v) is 7.76. The molecule has 0 unspecified atom stereocenters. The van der Waals surface area contributed by atoms with Gasteiger partial charge in [0.15, 0.2) is 0 Å². The van der Waals surface area contributed by atoms with E-state index in [1.54, 1.807) is 6.20 Å². The number of pyridine rings is 1. The monoisotopic (exact) mass is 304 g/mol. The summed E-state index contributed by atoms with van der Waals surface area (Å²) in [6, 6.07) is 25.8. The van der Waals surface area contributed by atoms with E-state index in [9.17, 15) is 5.11 Å². The van der Waals surface area contributed by atoms with Crippen LogP contribution >= 0.6 is 0 Å². The van der Waals surface area contributed by atoms with Gasteiger partial charge in [0.2, 0.25) is 0 Å². The highest BCUT2D eigenvalue weighted by molar-refractivity contribution is 5.29. The van der Waals surface area contributed by atoms with Crippen molar-refractivity contribution in [3.05, 3.63) is 102 Å². The van der Waals surface area contributed by atoms with Gasteiger partial charge in [-0.3, -0.25) is 10.3 Å². The zero-order valence-corrected chi connectivity index (χ0v) is 12.8. The SMILES string of the molecule is OC[C@@H](N[C@H](c1ccccc1)c1ccccn1)c1ccccc1. The average molecular weight is 304 g/mol. The molecule has 0 radical (unpaired) electrons. The first-order valence-electron chi connectivity index (χ1n) is 7.76. The fourth-order valence-corrected chi connectivity index (χ4v) is 2.69. The fraction of sp³-hybridized carbons (Fsp3) is 0.150. The highest BCUT2D eigenvalue weighted by Gasteiger charge is 2.20. The van der Waals surface area contributed by atoms with Crippen LogP contribution in [0.1, 0.15) is 28.9 Å². The van der Waals surface area contributed by atoms with Crippen LogP contribution in [0.4, 0.5) is 0 Å². The molecule has 0 aliphatic heterocycles. The lowest BCUT2D eigenvalue weighted by atomic mass is 10.00. The molecule has 2 N–H and O–H groups in total. The van der Waals surface area contributed by atoms with Gasteiger partial charge < -0.3 is 5.11 Å². The predicted molar refractivity (Wildman–Crippen MR) is 91.9 cm³/mol. The quantitative estimate of drug-likeness (QED) is 0.732. The van der Waals surface area contributed by atoms with Gasteiger partial charge in [0.1, 0.15) is 0 Å². The molecule has 3 rings (SSSR count). The molecule has 116 valence electrons. The van der Waals surface area contributed by atoms with Gasteiger partial charge in [-0.15, -0.1) is 0 Å². The minimum absolute atomic E-state index is 0.0280. The lowest BCUT2D eigenvalue weighted by Gasteiger charge is -2.25. The van der Waals surface area contributed by atoms with E-state index in [1.165, 1.54) is 0 Å². The molecule has 2 aromatic carbocycles. The number of hydrogen-bond donors (Lipinski definition) is 2. The van der Waals surface area contributed by atoms with Gasteiger partial charge in [-0.05, 0) is 23.3 Å². The molecule has 0 spiro atoms. The molecule has 3 aromatic rings. The topological polar surface area (TPSA) is 45.1 Å². The number of aliphatic hydroxyl groups is 1. The summed E-state index contributed by atoms with van der Waals surface area (Å²) in [6.45, 7) is 0.0280. The average Bonchev–Trinajstić information content (AvgIpc) is 2.65. The number of rotatable bonds is 6. The largest absolute Gasteiger partial charge is 0.394 e. The summed E-state index contributed by atoms with van der Waals surface area (Å²) in [6.07, 6.45) is 1.80. The summed E-state index contributed by atoms with van der Waals surface area (Å²) >= 11 is 0. The molecule has 1 aromatic heterocycles. The Bertz CT molecular complexity index is 662. The van der Waals surface area contributed by atoms with E-state index >= 15 is 0 Å². The number of hydrogen-bond acceptors (Lipinski definition) is 3. The summed E-state index contributed by atoms with van der Waals surface area (Å²) in [7, 11) is 0. The third-order valence-electron chi connectivity index (χ3n) is 3.87. The summed E-state index contributed by atoms with van der Waals surface area (Å²) in [5.41, 5.74) is 3.13. The van der Waals surface area contributed by atoms with Crippen LogP contribution in [0.3, 0.4) is 0 Å². The molecule has 3 heteroatoms. The molecule has 0 bridgehead atoms. The lowest BCUT2D eigenvalue weighted by molar-refractivity contribution is 0.237. The van der Waals surface area contributed by atoms with Crippen LogP contribution in [0.15, 0.2) is 85.1 Å². The second kappa shape index (κ2) is 7.68. The molecule has 23 heavy (non-hydrogen) atoms. The normalized spacial score (nSPS) is 13.4. The van der Waals surface area contributed by atoms with E-state index in [0.29, 0.717) is 0 Å². The van der Waals surface area contributed by atoms with E-state index in [2.05, 4.69) is 22.4 Å². The molecule has 0 fully saturated rings. The maximum atomic E-state index is 9.84. The second-order valence-corrected chi connectivity index (χ2v) is 5.41. The Labute approximate surface area is 136 Å². The maximum absolute atomic E-state index is 9.84. The summed E-state index contributed by atoms with van der Waals surface area (Å²) in [4.78, 5) is 4.49. The molecule has 2 atom stereocenters. The number of aliphatic hydroxyl groups excluding tert-OH is 1. The van der Waals surface area contributed by atoms with Crippen molar-refractivity contribution in [3.8, 4) is 0 Å². The van der Waals surface area contributed by atoms with Gasteiger partial charge in [0.05, 0.1) is 24.4 Å². The van der Waals surface area contributed by atoms with Crippen LogP contribution in [-0.4, -0.2) is 16.7 Å². The van der Waals surface area contributed by atoms with E-state index in [-0.39, 0.29) is 18.7 Å². The Hall–Kier alpha value is -2.49. The predicted octanol–water partition coefficient (Wildman–Crippen LogP) is 3.49. The Morgan fingerprint density at radius 3 is 1.96 bits per heavy atom. The Balaban J connectivity index is 1.93. The van der Waals surface area contributed by atoms with Gasteiger partial charge in [-0.2, -0.15) is 0 Å². The number of aromatic nitrogens is 1. The zero-order chi connectivity index (χ0) is 15.9. The van der Waals surface area contributed by atoms with Gasteiger partial charge in [0, 0.05) is 6.20 Å². The lowest BCUT2D eigenvalue weighted by Crippen LogP contribution is -2.30. The number of nitrogens with zero attached hydrogens (tertiary/aromatic N) is 1. The minimum atomic E-state index is -0.150. The molecule has 0 amide bonds.